The van der Waals surface area contributed by atoms with Crippen LogP contribution in [0.3, 0.4) is 0 Å². The third kappa shape index (κ3) is 5.39. The van der Waals surface area contributed by atoms with Crippen molar-refractivity contribution in [3.8, 4) is 5.75 Å². The fourth-order valence-corrected chi connectivity index (χ4v) is 6.61. The molecule has 2 atom stereocenters. The van der Waals surface area contributed by atoms with Crippen molar-refractivity contribution in [3.63, 3.8) is 0 Å². The van der Waals surface area contributed by atoms with Gasteiger partial charge in [0, 0.05) is 41.1 Å². The number of para-hydroxylation sites is 1. The van der Waals surface area contributed by atoms with E-state index in [1.54, 1.807) is 11.8 Å². The lowest BCUT2D eigenvalue weighted by Crippen LogP contribution is -2.49. The Morgan fingerprint density at radius 3 is 2.31 bits per heavy atom. The number of hydrogen-bond acceptors (Lipinski definition) is 3. The fourth-order valence-electron chi connectivity index (χ4n) is 5.41. The van der Waals surface area contributed by atoms with Gasteiger partial charge < -0.3 is 9.64 Å². The fraction of sp³-hybridized carbons (Fsp3) is 0.367. The predicted molar refractivity (Wildman–Crippen MR) is 145 cm³/mol. The van der Waals surface area contributed by atoms with Gasteiger partial charge in [-0.1, -0.05) is 67.9 Å². The lowest BCUT2D eigenvalue weighted by atomic mass is 9.97. The van der Waals surface area contributed by atoms with Crippen molar-refractivity contribution in [2.75, 3.05) is 0 Å². The van der Waals surface area contributed by atoms with E-state index in [1.165, 1.54) is 11.1 Å². The Hall–Kier alpha value is -2.43. The minimum atomic E-state index is 0.156. The molecule has 182 valence electrons. The van der Waals surface area contributed by atoms with Gasteiger partial charge >= 0.3 is 0 Å². The molecule has 0 aromatic heterocycles. The first kappa shape index (κ1) is 24.3. The van der Waals surface area contributed by atoms with Crippen molar-refractivity contribution in [2.24, 2.45) is 0 Å². The number of ether oxygens (including phenoxy) is 1. The largest absolute Gasteiger partial charge is 0.490 e. The maximum atomic E-state index is 13.5. The second kappa shape index (κ2) is 10.7. The van der Waals surface area contributed by atoms with Crippen molar-refractivity contribution < 1.29 is 9.53 Å². The van der Waals surface area contributed by atoms with Crippen LogP contribution in [-0.2, 0) is 5.75 Å². The number of carbonyl (C=O) groups is 1. The smallest absolute Gasteiger partial charge is 0.254 e. The van der Waals surface area contributed by atoms with Gasteiger partial charge in [-0.2, -0.15) is 0 Å². The zero-order valence-corrected chi connectivity index (χ0v) is 21.9. The first-order valence-corrected chi connectivity index (χ1v) is 13.9. The van der Waals surface area contributed by atoms with Crippen LogP contribution in [0.2, 0.25) is 5.02 Å². The van der Waals surface area contributed by atoms with Gasteiger partial charge in [-0.3, -0.25) is 4.79 Å². The number of thioether (sulfide) groups is 1. The normalized spacial score (nSPS) is 21.4. The van der Waals surface area contributed by atoms with Crippen molar-refractivity contribution in [1.29, 1.82) is 0 Å². The quantitative estimate of drug-likeness (QED) is 0.305. The highest BCUT2D eigenvalue weighted by Gasteiger charge is 2.44. The molecule has 0 saturated carbocycles. The van der Waals surface area contributed by atoms with E-state index in [-0.39, 0.29) is 24.1 Å². The molecule has 3 aromatic rings. The van der Waals surface area contributed by atoms with Crippen LogP contribution in [-0.4, -0.2) is 29.0 Å². The highest BCUT2D eigenvalue weighted by molar-refractivity contribution is 7.98. The minimum Gasteiger partial charge on any atom is -0.490 e. The van der Waals surface area contributed by atoms with Crippen LogP contribution in [0.1, 0.15) is 66.9 Å². The molecule has 3 aromatic carbocycles. The predicted octanol–water partition coefficient (Wildman–Crippen LogP) is 7.97. The second-order valence-corrected chi connectivity index (χ2v) is 11.3. The van der Waals surface area contributed by atoms with Crippen LogP contribution in [0, 0.1) is 0 Å². The molecule has 2 unspecified atom stereocenters. The highest BCUT2D eigenvalue weighted by Crippen LogP contribution is 2.39. The van der Waals surface area contributed by atoms with Gasteiger partial charge in [-0.25, -0.2) is 0 Å². The van der Waals surface area contributed by atoms with Gasteiger partial charge in [-0.05, 0) is 60.2 Å². The van der Waals surface area contributed by atoms with Gasteiger partial charge in [0.05, 0.1) is 5.02 Å². The van der Waals surface area contributed by atoms with Gasteiger partial charge in [0.15, 0.2) is 0 Å². The zero-order chi connectivity index (χ0) is 24.4. The molecular weight excluding hydrogens is 474 g/mol. The summed E-state index contributed by atoms with van der Waals surface area (Å²) in [5.41, 5.74) is 3.22. The molecule has 2 saturated heterocycles. The third-order valence-electron chi connectivity index (χ3n) is 7.19. The summed E-state index contributed by atoms with van der Waals surface area (Å²) in [6.45, 7) is 4.40. The van der Waals surface area contributed by atoms with Crippen LogP contribution in [0.5, 0.6) is 5.75 Å². The summed E-state index contributed by atoms with van der Waals surface area (Å²) < 4.78 is 6.50. The SMILES string of the molecule is CC(C)c1ccccc1OC1CC2CCC(C1)N2C(=O)c1ccc(CSc2ccccc2Cl)cc1. The maximum Gasteiger partial charge on any atom is 0.254 e. The molecule has 2 fully saturated rings. The molecule has 2 bridgehead atoms. The summed E-state index contributed by atoms with van der Waals surface area (Å²) in [5, 5.41) is 0.778. The van der Waals surface area contributed by atoms with E-state index in [9.17, 15) is 4.79 Å². The van der Waals surface area contributed by atoms with E-state index < -0.39 is 0 Å². The molecule has 0 N–H and O–H groups in total. The van der Waals surface area contributed by atoms with E-state index in [0.29, 0.717) is 5.92 Å². The van der Waals surface area contributed by atoms with Crippen molar-refractivity contribution in [1.82, 2.24) is 4.90 Å². The summed E-state index contributed by atoms with van der Waals surface area (Å²) in [4.78, 5) is 16.7. The molecule has 1 amide bonds. The molecule has 35 heavy (non-hydrogen) atoms. The Labute approximate surface area is 217 Å². The summed E-state index contributed by atoms with van der Waals surface area (Å²) in [6, 6.07) is 24.9. The average Bonchev–Trinajstić information content (AvgIpc) is 3.13. The van der Waals surface area contributed by atoms with Crippen LogP contribution < -0.4 is 4.74 Å². The van der Waals surface area contributed by atoms with Crippen LogP contribution in [0.15, 0.2) is 77.7 Å². The molecular formula is C30H32ClNO2S. The Bertz CT molecular complexity index is 1160. The van der Waals surface area contributed by atoms with Crippen LogP contribution >= 0.6 is 23.4 Å². The number of rotatable bonds is 7. The van der Waals surface area contributed by atoms with Crippen molar-refractivity contribution in [3.05, 3.63) is 94.5 Å². The third-order valence-corrected chi connectivity index (χ3v) is 8.78. The van der Waals surface area contributed by atoms with Crippen molar-refractivity contribution in [2.45, 2.75) is 74.3 Å². The van der Waals surface area contributed by atoms with Gasteiger partial charge in [0.2, 0.25) is 0 Å². The van der Waals surface area contributed by atoms with Crippen molar-refractivity contribution >= 4 is 29.3 Å². The Morgan fingerprint density at radius 2 is 1.63 bits per heavy atom. The first-order chi connectivity index (χ1) is 17.0. The number of nitrogens with zero attached hydrogens (tertiary/aromatic N) is 1. The van der Waals surface area contributed by atoms with E-state index >= 15 is 0 Å². The lowest BCUT2D eigenvalue weighted by molar-refractivity contribution is 0.0356. The number of halogens is 1. The Kier molecular flexibility index (Phi) is 7.40. The summed E-state index contributed by atoms with van der Waals surface area (Å²) in [5.74, 6) is 2.40. The number of piperidine rings is 1. The number of carbonyl (C=O) groups excluding carboxylic acids is 1. The van der Waals surface area contributed by atoms with E-state index in [0.717, 1.165) is 52.7 Å². The lowest BCUT2D eigenvalue weighted by Gasteiger charge is -2.39. The Balaban J connectivity index is 1.21. The molecule has 2 aliphatic rings. The number of benzene rings is 3. The van der Waals surface area contributed by atoms with E-state index in [1.807, 2.05) is 42.5 Å². The van der Waals surface area contributed by atoms with Gasteiger partial charge in [0.1, 0.15) is 11.9 Å². The second-order valence-electron chi connectivity index (χ2n) is 9.92. The molecule has 0 aliphatic carbocycles. The standard InChI is InChI=1S/C30H32ClNO2S/c1-20(2)26-7-3-5-9-28(26)34-25-17-23-15-16-24(18-25)32(23)30(33)22-13-11-21(12-14-22)19-35-29-10-6-4-8-27(29)31/h3-14,20,23-25H,15-19H2,1-2H3. The topological polar surface area (TPSA) is 29.5 Å². The monoisotopic (exact) mass is 505 g/mol. The molecule has 2 heterocycles. The van der Waals surface area contributed by atoms with Gasteiger partial charge in [0.25, 0.3) is 5.91 Å². The molecule has 3 nitrogen and oxygen atoms in total. The molecule has 0 radical (unpaired) electrons. The number of amides is 1. The molecule has 5 rings (SSSR count). The maximum absolute atomic E-state index is 13.5. The van der Waals surface area contributed by atoms with Crippen LogP contribution in [0.4, 0.5) is 0 Å². The Morgan fingerprint density at radius 1 is 0.971 bits per heavy atom. The van der Waals surface area contributed by atoms with E-state index in [4.69, 9.17) is 16.3 Å². The minimum absolute atomic E-state index is 0.156. The average molecular weight is 506 g/mol. The van der Waals surface area contributed by atoms with E-state index in [2.05, 4.69) is 49.1 Å². The number of hydrogen-bond donors (Lipinski definition) is 0. The molecule has 5 heteroatoms. The first-order valence-electron chi connectivity index (χ1n) is 12.5. The summed E-state index contributed by atoms with van der Waals surface area (Å²) in [6.07, 6.45) is 4.10. The highest BCUT2D eigenvalue weighted by atomic mass is 35.5. The summed E-state index contributed by atoms with van der Waals surface area (Å²) in [7, 11) is 0. The van der Waals surface area contributed by atoms with Crippen LogP contribution in [0.25, 0.3) is 0 Å². The summed E-state index contributed by atoms with van der Waals surface area (Å²) >= 11 is 7.99. The van der Waals surface area contributed by atoms with Gasteiger partial charge in [-0.15, -0.1) is 11.8 Å². The molecule has 2 aliphatic heterocycles. The number of fused-ring (bicyclic) bond motifs is 2. The zero-order valence-electron chi connectivity index (χ0n) is 20.3. The molecule has 0 spiro atoms.